The standard InChI is InChI=1S/C14H19N3S/c1-4-7-15-14(13-9-18-17-16-13)12-8-10(2)5-6-11(12)3/h5-6,8-9,14-15H,4,7H2,1-3H3. The molecule has 0 aliphatic carbocycles. The Morgan fingerprint density at radius 2 is 2.17 bits per heavy atom. The summed E-state index contributed by atoms with van der Waals surface area (Å²) in [7, 11) is 0. The third kappa shape index (κ3) is 2.94. The van der Waals surface area contributed by atoms with Crippen LogP contribution >= 0.6 is 11.5 Å². The Morgan fingerprint density at radius 1 is 1.33 bits per heavy atom. The molecule has 3 nitrogen and oxygen atoms in total. The van der Waals surface area contributed by atoms with Gasteiger partial charge in [0.15, 0.2) is 0 Å². The van der Waals surface area contributed by atoms with Gasteiger partial charge in [0.25, 0.3) is 0 Å². The van der Waals surface area contributed by atoms with Gasteiger partial charge in [-0.05, 0) is 49.5 Å². The Bertz CT molecular complexity index is 494. The molecule has 1 atom stereocenters. The van der Waals surface area contributed by atoms with Crippen molar-refractivity contribution in [2.24, 2.45) is 0 Å². The lowest BCUT2D eigenvalue weighted by atomic mass is 9.97. The maximum atomic E-state index is 4.22. The second-order valence-electron chi connectivity index (χ2n) is 4.58. The summed E-state index contributed by atoms with van der Waals surface area (Å²) in [5.41, 5.74) is 4.89. The highest BCUT2D eigenvalue weighted by Gasteiger charge is 2.17. The Kier molecular flexibility index (Phi) is 4.44. The smallest absolute Gasteiger partial charge is 0.0970 e. The summed E-state index contributed by atoms with van der Waals surface area (Å²) in [6, 6.07) is 6.71. The summed E-state index contributed by atoms with van der Waals surface area (Å²) < 4.78 is 3.98. The van der Waals surface area contributed by atoms with Gasteiger partial charge in [-0.1, -0.05) is 35.2 Å². The third-order valence-corrected chi connectivity index (χ3v) is 3.54. The van der Waals surface area contributed by atoms with Crippen LogP contribution in [0.1, 0.15) is 41.8 Å². The number of hydrogen-bond acceptors (Lipinski definition) is 4. The maximum absolute atomic E-state index is 4.22. The van der Waals surface area contributed by atoms with Crippen LogP contribution in [0.2, 0.25) is 0 Å². The number of aromatic nitrogens is 2. The lowest BCUT2D eigenvalue weighted by Gasteiger charge is -2.19. The van der Waals surface area contributed by atoms with Gasteiger partial charge in [0.1, 0.15) is 0 Å². The topological polar surface area (TPSA) is 37.8 Å². The molecule has 1 aromatic heterocycles. The first kappa shape index (κ1) is 13.2. The predicted octanol–water partition coefficient (Wildman–Crippen LogP) is 3.24. The van der Waals surface area contributed by atoms with Crippen molar-refractivity contribution in [2.75, 3.05) is 6.54 Å². The second kappa shape index (κ2) is 6.07. The Morgan fingerprint density at radius 3 is 2.83 bits per heavy atom. The van der Waals surface area contributed by atoms with Gasteiger partial charge < -0.3 is 5.32 Å². The van der Waals surface area contributed by atoms with Crippen molar-refractivity contribution < 1.29 is 0 Å². The highest BCUT2D eigenvalue weighted by Crippen LogP contribution is 2.25. The van der Waals surface area contributed by atoms with E-state index in [1.54, 1.807) is 0 Å². The molecule has 0 amide bonds. The van der Waals surface area contributed by atoms with E-state index in [9.17, 15) is 0 Å². The molecule has 2 aromatic rings. The number of rotatable bonds is 5. The van der Waals surface area contributed by atoms with Crippen molar-refractivity contribution in [3.63, 3.8) is 0 Å². The van der Waals surface area contributed by atoms with Crippen molar-refractivity contribution in [2.45, 2.75) is 33.2 Å². The molecule has 1 heterocycles. The van der Waals surface area contributed by atoms with E-state index in [1.165, 1.54) is 28.2 Å². The number of aryl methyl sites for hydroxylation is 2. The minimum atomic E-state index is 0.156. The number of benzene rings is 1. The van der Waals surface area contributed by atoms with E-state index in [0.29, 0.717) is 0 Å². The summed E-state index contributed by atoms with van der Waals surface area (Å²) >= 11 is 1.40. The van der Waals surface area contributed by atoms with Gasteiger partial charge in [0.2, 0.25) is 0 Å². The van der Waals surface area contributed by atoms with Crippen LogP contribution in [0.4, 0.5) is 0 Å². The molecule has 0 aliphatic rings. The zero-order chi connectivity index (χ0) is 13.0. The van der Waals surface area contributed by atoms with Gasteiger partial charge in [-0.3, -0.25) is 0 Å². The van der Waals surface area contributed by atoms with Crippen LogP contribution in [0.25, 0.3) is 0 Å². The molecule has 0 saturated heterocycles. The van der Waals surface area contributed by atoms with E-state index in [-0.39, 0.29) is 6.04 Å². The van der Waals surface area contributed by atoms with Crippen LogP contribution in [0.3, 0.4) is 0 Å². The lowest BCUT2D eigenvalue weighted by molar-refractivity contribution is 0.582. The molecule has 0 radical (unpaired) electrons. The second-order valence-corrected chi connectivity index (χ2v) is 5.19. The average Bonchev–Trinajstić information content (AvgIpc) is 2.88. The quantitative estimate of drug-likeness (QED) is 0.898. The molecule has 1 N–H and O–H groups in total. The summed E-state index contributed by atoms with van der Waals surface area (Å²) in [6.45, 7) is 7.43. The first-order valence-electron chi connectivity index (χ1n) is 6.30. The van der Waals surface area contributed by atoms with Crippen molar-refractivity contribution in [3.8, 4) is 0 Å². The number of nitrogens with one attached hydrogen (secondary N) is 1. The highest BCUT2D eigenvalue weighted by atomic mass is 32.1. The Labute approximate surface area is 112 Å². The number of nitrogens with zero attached hydrogens (tertiary/aromatic N) is 2. The SMILES string of the molecule is CCCNC(c1csnn1)c1cc(C)ccc1C. The largest absolute Gasteiger partial charge is 0.305 e. The van der Waals surface area contributed by atoms with E-state index in [4.69, 9.17) is 0 Å². The predicted molar refractivity (Wildman–Crippen MR) is 76.0 cm³/mol. The first-order chi connectivity index (χ1) is 8.72. The van der Waals surface area contributed by atoms with Crippen LogP contribution in [0.5, 0.6) is 0 Å². The normalized spacial score (nSPS) is 12.6. The molecule has 0 fully saturated rings. The third-order valence-electron chi connectivity index (χ3n) is 3.02. The molecule has 0 saturated carbocycles. The van der Waals surface area contributed by atoms with E-state index < -0.39 is 0 Å². The minimum Gasteiger partial charge on any atom is -0.305 e. The van der Waals surface area contributed by atoms with Crippen molar-refractivity contribution in [3.05, 3.63) is 46.0 Å². The van der Waals surface area contributed by atoms with Crippen LogP contribution in [-0.4, -0.2) is 16.1 Å². The molecule has 1 unspecified atom stereocenters. The van der Waals surface area contributed by atoms with Crippen LogP contribution < -0.4 is 5.32 Å². The van der Waals surface area contributed by atoms with E-state index in [2.05, 4.69) is 53.9 Å². The number of hydrogen-bond donors (Lipinski definition) is 1. The zero-order valence-corrected chi connectivity index (χ0v) is 11.9. The molecule has 18 heavy (non-hydrogen) atoms. The fourth-order valence-corrected chi connectivity index (χ4v) is 2.51. The van der Waals surface area contributed by atoms with Crippen LogP contribution in [-0.2, 0) is 0 Å². The molecular formula is C14H19N3S. The molecule has 0 spiro atoms. The van der Waals surface area contributed by atoms with Crippen molar-refractivity contribution in [1.29, 1.82) is 0 Å². The molecule has 4 heteroatoms. The molecule has 0 aliphatic heterocycles. The maximum Gasteiger partial charge on any atom is 0.0970 e. The monoisotopic (exact) mass is 261 g/mol. The average molecular weight is 261 g/mol. The molecular weight excluding hydrogens is 242 g/mol. The highest BCUT2D eigenvalue weighted by molar-refractivity contribution is 7.03. The van der Waals surface area contributed by atoms with Gasteiger partial charge in [0.05, 0.1) is 11.7 Å². The molecule has 96 valence electrons. The molecule has 0 bridgehead atoms. The van der Waals surface area contributed by atoms with Gasteiger partial charge in [-0.2, -0.15) is 0 Å². The van der Waals surface area contributed by atoms with E-state index in [1.807, 2.05) is 5.38 Å². The van der Waals surface area contributed by atoms with Crippen LogP contribution in [0.15, 0.2) is 23.6 Å². The first-order valence-corrected chi connectivity index (χ1v) is 7.13. The minimum absolute atomic E-state index is 0.156. The Hall–Kier alpha value is -1.26. The fraction of sp³-hybridized carbons (Fsp3) is 0.429. The van der Waals surface area contributed by atoms with Crippen LogP contribution in [0, 0.1) is 13.8 Å². The summed E-state index contributed by atoms with van der Waals surface area (Å²) in [5.74, 6) is 0. The van der Waals surface area contributed by atoms with Gasteiger partial charge in [-0.25, -0.2) is 0 Å². The molecule has 1 aromatic carbocycles. The van der Waals surface area contributed by atoms with Gasteiger partial charge in [-0.15, -0.1) is 5.10 Å². The Balaban J connectivity index is 2.36. The fourth-order valence-electron chi connectivity index (χ4n) is 2.03. The zero-order valence-electron chi connectivity index (χ0n) is 11.1. The van der Waals surface area contributed by atoms with Gasteiger partial charge in [0, 0.05) is 5.38 Å². The lowest BCUT2D eigenvalue weighted by Crippen LogP contribution is -2.24. The van der Waals surface area contributed by atoms with Crippen molar-refractivity contribution in [1.82, 2.24) is 14.9 Å². The van der Waals surface area contributed by atoms with E-state index in [0.717, 1.165) is 18.7 Å². The van der Waals surface area contributed by atoms with E-state index >= 15 is 0 Å². The summed E-state index contributed by atoms with van der Waals surface area (Å²) in [6.07, 6.45) is 1.11. The molecule has 2 rings (SSSR count). The van der Waals surface area contributed by atoms with Crippen molar-refractivity contribution >= 4 is 11.5 Å². The van der Waals surface area contributed by atoms with Gasteiger partial charge >= 0.3 is 0 Å². The summed E-state index contributed by atoms with van der Waals surface area (Å²) in [5, 5.41) is 9.81. The summed E-state index contributed by atoms with van der Waals surface area (Å²) in [4.78, 5) is 0.